The Kier molecular flexibility index (Phi) is 35.6. The van der Waals surface area contributed by atoms with Gasteiger partial charge >= 0.3 is 62.4 Å². The number of aliphatic carboxylic acids is 1. The standard InChI is InChI=1S/C36H51Cl2N3O4.C24H29Cl2N3O3.C3H6O2.I3/c1-2-3-4-5-6-7-8-9-10-16-35(43)45-28-41-33-27-30(19-17-29(33)18-20-34(41)42)44-26-12-11-21-39-22-24-40(25-23-39)32-15-13-14-31(37)36(32)38;25-20-4-3-5-21(24(20)26)28-13-11-27(12-14-28)10-1-2-15-32-19-8-6-18-7-9-23(31)29(17-30)22(18)16-19;1-2-3(4)5;1-3-2/h13-15,17,19,27H,2-12,16,18,20-26,28H2,1H3;3-6,8,16,30H,1-2,7,9-15,17H2;2H2,1H3,(H,4,5);/q;;;-1. The van der Waals surface area contributed by atoms with Crippen molar-refractivity contribution in [3.8, 4) is 11.5 Å². The molecule has 0 unspecified atom stereocenters. The number of rotatable bonds is 28. The van der Waals surface area contributed by atoms with Crippen LogP contribution in [0.1, 0.15) is 134 Å². The minimum Gasteiger partial charge on any atom is -0.494 e. The first-order valence-corrected chi connectivity index (χ1v) is 44.1. The molecule has 2 amide bonds. The number of carboxylic acid groups (broad SMARTS) is 1. The van der Waals surface area contributed by atoms with Gasteiger partial charge in [-0.3, -0.25) is 38.8 Å². The summed E-state index contributed by atoms with van der Waals surface area (Å²) in [4.78, 5) is 59.1. The summed E-state index contributed by atoms with van der Waals surface area (Å²) in [6.45, 7) is 14.5. The molecule has 0 spiro atoms. The van der Waals surface area contributed by atoms with Crippen LogP contribution in [-0.2, 0) is 36.8 Å². The second-order valence-electron chi connectivity index (χ2n) is 21.3. The van der Waals surface area contributed by atoms with E-state index >= 15 is 0 Å². The number of esters is 1. The number of halogens is 7. The molecular weight excluding hydrogens is 1510 g/mol. The molecule has 472 valence electrons. The van der Waals surface area contributed by atoms with Crippen LogP contribution in [0.5, 0.6) is 11.5 Å². The fraction of sp³-hybridized carbons (Fsp3) is 0.556. The molecule has 8 rings (SSSR count). The van der Waals surface area contributed by atoms with Gasteiger partial charge in [-0.2, -0.15) is 0 Å². The monoisotopic (exact) mass is 1590 g/mol. The van der Waals surface area contributed by atoms with E-state index in [0.717, 1.165) is 156 Å². The number of hydrogen-bond donors (Lipinski definition) is 2. The number of amides is 2. The first-order chi connectivity index (χ1) is 41.2. The molecule has 4 aliphatic rings. The van der Waals surface area contributed by atoms with Crippen molar-refractivity contribution in [2.75, 3.05) is 112 Å². The van der Waals surface area contributed by atoms with Gasteiger partial charge in [-0.25, -0.2) is 0 Å². The topological polar surface area (TPSA) is 156 Å². The average molecular weight is 1590 g/mol. The quantitative estimate of drug-likeness (QED) is 0.0315. The third-order valence-electron chi connectivity index (χ3n) is 15.4. The van der Waals surface area contributed by atoms with E-state index in [2.05, 4.69) is 63.8 Å². The van der Waals surface area contributed by atoms with Crippen molar-refractivity contribution >= 4 is 130 Å². The summed E-state index contributed by atoms with van der Waals surface area (Å²) < 4.78 is 17.5. The van der Waals surface area contributed by atoms with Gasteiger partial charge in [0.1, 0.15) is 18.2 Å². The van der Waals surface area contributed by atoms with Crippen LogP contribution in [0.2, 0.25) is 20.1 Å². The van der Waals surface area contributed by atoms with Gasteiger partial charge in [-0.15, -0.1) is 0 Å². The van der Waals surface area contributed by atoms with E-state index in [4.69, 9.17) is 65.7 Å². The second-order valence-corrected chi connectivity index (χ2v) is 39.1. The Morgan fingerprint density at radius 2 is 0.976 bits per heavy atom. The molecule has 0 atom stereocenters. The van der Waals surface area contributed by atoms with Crippen molar-refractivity contribution in [2.45, 2.75) is 136 Å². The summed E-state index contributed by atoms with van der Waals surface area (Å²) in [7, 11) is 0. The zero-order valence-electron chi connectivity index (χ0n) is 49.3. The van der Waals surface area contributed by atoms with Crippen LogP contribution in [0.15, 0.2) is 72.8 Å². The van der Waals surface area contributed by atoms with Crippen LogP contribution in [0, 0.1) is 0 Å². The number of anilines is 4. The maximum absolute atomic E-state index is 12.8. The summed E-state index contributed by atoms with van der Waals surface area (Å²) in [6.07, 6.45) is 17.7. The predicted octanol–water partition coefficient (Wildman–Crippen LogP) is 12.1. The van der Waals surface area contributed by atoms with Crippen molar-refractivity contribution in [2.24, 2.45) is 0 Å². The van der Waals surface area contributed by atoms with Crippen LogP contribution in [0.25, 0.3) is 0 Å². The van der Waals surface area contributed by atoms with E-state index in [-0.39, 0.29) is 37.7 Å². The summed E-state index contributed by atoms with van der Waals surface area (Å²) in [5, 5.41) is 19.7. The van der Waals surface area contributed by atoms with Gasteiger partial charge in [0, 0.05) is 90.2 Å². The molecule has 15 nitrogen and oxygen atoms in total. The average Bonchev–Trinajstić information content (AvgIpc) is 3.69. The number of hydrogen-bond acceptors (Lipinski definition) is 12. The van der Waals surface area contributed by atoms with Crippen LogP contribution in [0.4, 0.5) is 22.7 Å². The maximum atomic E-state index is 12.8. The minimum atomic E-state index is -0.745. The Morgan fingerprint density at radius 1 is 0.553 bits per heavy atom. The van der Waals surface area contributed by atoms with Crippen LogP contribution in [0.3, 0.4) is 0 Å². The summed E-state index contributed by atoms with van der Waals surface area (Å²) in [6, 6.07) is 23.3. The molecule has 2 fully saturated rings. The Balaban J connectivity index is 0.000000287. The second kappa shape index (κ2) is 41.5. The number of aryl methyl sites for hydroxylation is 2. The van der Waals surface area contributed by atoms with Gasteiger partial charge in [0.25, 0.3) is 0 Å². The molecule has 0 bridgehead atoms. The molecule has 4 heterocycles. The summed E-state index contributed by atoms with van der Waals surface area (Å²) in [5.41, 5.74) is 5.73. The van der Waals surface area contributed by atoms with Crippen LogP contribution >= 0.6 is 83.6 Å². The smallest absolute Gasteiger partial charge is 0.229 e. The molecule has 0 aliphatic carbocycles. The molecule has 0 radical (unpaired) electrons. The summed E-state index contributed by atoms with van der Waals surface area (Å²) in [5.74, 6) is 0.429. The molecule has 85 heavy (non-hydrogen) atoms. The molecule has 2 saturated heterocycles. The maximum Gasteiger partial charge on any atom is 0.229 e. The van der Waals surface area contributed by atoms with Crippen LogP contribution in [-0.4, -0.2) is 136 Å². The summed E-state index contributed by atoms with van der Waals surface area (Å²) >= 11 is 30.4. The van der Waals surface area contributed by atoms with E-state index < -0.39 is 5.97 Å². The third-order valence-corrected chi connectivity index (χ3v) is 17.0. The Bertz CT molecular complexity index is 2670. The molecule has 4 aromatic carbocycles. The number of fused-ring (bicyclic) bond motifs is 2. The largest absolute Gasteiger partial charge is 0.494 e. The fourth-order valence-electron chi connectivity index (χ4n) is 10.5. The molecule has 22 heteroatoms. The van der Waals surface area contributed by atoms with Crippen molar-refractivity contribution < 1.29 is 56.9 Å². The number of nitrogens with zero attached hydrogens (tertiary/aromatic N) is 6. The van der Waals surface area contributed by atoms with E-state index in [9.17, 15) is 24.3 Å². The van der Waals surface area contributed by atoms with Gasteiger partial charge in [-0.1, -0.05) is 136 Å². The predicted molar refractivity (Wildman–Crippen MR) is 360 cm³/mol. The van der Waals surface area contributed by atoms with E-state index in [1.54, 1.807) is 11.8 Å². The number of carbonyl (C=O) groups is 4. The minimum absolute atomic E-state index is 0.0201. The number of benzene rings is 4. The Morgan fingerprint density at radius 3 is 1.41 bits per heavy atom. The third kappa shape index (κ3) is 25.5. The fourth-order valence-corrected chi connectivity index (χ4v) is 11.3. The Hall–Kier alpha value is -2.81. The molecule has 4 aliphatic heterocycles. The number of aliphatic hydroxyl groups is 1. The number of carboxylic acids is 1. The van der Waals surface area contributed by atoms with Crippen molar-refractivity contribution in [1.29, 1.82) is 0 Å². The number of aliphatic hydroxyl groups excluding tert-OH is 1. The SMILES string of the molecule is CCC(=O)O.CCCCCCCCCCCC(=O)OCN1C(=O)CCc2ccc(OCCCCN3CCN(c4cccc(Cl)c4Cl)CC3)cc21.I[I-]I.O=C1CCc2ccc(OCCCCN3CCN(c4cccc(Cl)c4Cl)CC3)cc2N1CO. The number of piperazine rings is 2. The van der Waals surface area contributed by atoms with Gasteiger partial charge in [0.2, 0.25) is 11.8 Å². The molecule has 0 saturated carbocycles. The van der Waals surface area contributed by atoms with Gasteiger partial charge in [-0.05, 0) is 106 Å². The van der Waals surface area contributed by atoms with Gasteiger partial charge in [0.15, 0.2) is 6.73 Å². The zero-order chi connectivity index (χ0) is 61.3. The van der Waals surface area contributed by atoms with E-state index in [0.29, 0.717) is 78.7 Å². The van der Waals surface area contributed by atoms with E-state index in [1.165, 1.54) is 43.4 Å². The van der Waals surface area contributed by atoms with Gasteiger partial charge in [0.05, 0.1) is 56.1 Å². The van der Waals surface area contributed by atoms with Crippen molar-refractivity contribution in [1.82, 2.24) is 9.80 Å². The number of carbonyl (C=O) groups excluding carboxylic acids is 3. The van der Waals surface area contributed by atoms with Crippen molar-refractivity contribution in [3.05, 3.63) is 104 Å². The first-order valence-electron chi connectivity index (χ1n) is 30.0. The van der Waals surface area contributed by atoms with Crippen molar-refractivity contribution in [3.63, 3.8) is 0 Å². The van der Waals surface area contributed by atoms with E-state index in [1.807, 2.05) is 72.8 Å². The number of ether oxygens (including phenoxy) is 3. The molecule has 4 aromatic rings. The zero-order valence-corrected chi connectivity index (χ0v) is 58.8. The number of unbranched alkanes of at least 4 members (excludes halogenated alkanes) is 10. The van der Waals surface area contributed by atoms with Crippen LogP contribution < -0.4 is 42.3 Å². The molecular formula is C63H86Cl4I3N6O9-. The van der Waals surface area contributed by atoms with Gasteiger partial charge < -0.3 is 34.2 Å². The molecule has 0 aromatic heterocycles. The normalized spacial score (nSPS) is 15.2. The molecule has 2 N–H and O–H groups in total. The Labute approximate surface area is 554 Å². The first kappa shape index (κ1) is 72.9.